The quantitative estimate of drug-likeness (QED) is 0.902. The zero-order chi connectivity index (χ0) is 11.6. The lowest BCUT2D eigenvalue weighted by Crippen LogP contribution is -2.42. The zero-order valence-corrected chi connectivity index (χ0v) is 11.2. The minimum Gasteiger partial charge on any atom is -0.479 e. The lowest BCUT2D eigenvalue weighted by atomic mass is 9.80. The van der Waals surface area contributed by atoms with Gasteiger partial charge in [-0.3, -0.25) is 0 Å². The number of carboxylic acid groups (broad SMARTS) is 1. The van der Waals surface area contributed by atoms with E-state index < -0.39 is 11.6 Å². The molecule has 4 heteroatoms. The second kappa shape index (κ2) is 5.65. The summed E-state index contributed by atoms with van der Waals surface area (Å²) in [6.45, 7) is 0. The normalized spacial score (nSPS) is 19.4. The first-order chi connectivity index (χ1) is 7.65. The molecule has 1 aliphatic carbocycles. The van der Waals surface area contributed by atoms with Gasteiger partial charge < -0.3 is 10.2 Å². The van der Waals surface area contributed by atoms with E-state index >= 15 is 0 Å². The fourth-order valence-electron chi connectivity index (χ4n) is 2.57. The summed E-state index contributed by atoms with van der Waals surface area (Å²) in [5.74, 6) is -1.29. The monoisotopic (exact) mass is 300 g/mol. The van der Waals surface area contributed by atoms with Crippen molar-refractivity contribution in [2.24, 2.45) is 5.92 Å². The fourth-order valence-corrected chi connectivity index (χ4v) is 2.57. The van der Waals surface area contributed by atoms with Crippen LogP contribution in [-0.2, 0) is 10.4 Å². The molecule has 0 aliphatic heterocycles. The van der Waals surface area contributed by atoms with Crippen LogP contribution in [-0.4, -0.2) is 16.2 Å². The number of aliphatic hydroxyl groups is 1. The highest BCUT2D eigenvalue weighted by atomic mass is 79.9. The predicted molar refractivity (Wildman–Crippen MR) is 70.3 cm³/mol. The number of rotatable bonds is 3. The maximum Gasteiger partial charge on any atom is 0.340 e. The molecular weight excluding hydrogens is 284 g/mol. The van der Waals surface area contributed by atoms with E-state index in [1.165, 1.54) is 0 Å². The second-order valence-electron chi connectivity index (χ2n) is 4.42. The Morgan fingerprint density at radius 2 is 1.71 bits per heavy atom. The molecule has 94 valence electrons. The summed E-state index contributed by atoms with van der Waals surface area (Å²) in [5.41, 5.74) is -1.22. The third-order valence-corrected chi connectivity index (χ3v) is 3.49. The van der Waals surface area contributed by atoms with Crippen molar-refractivity contribution in [2.75, 3.05) is 0 Å². The Bertz CT molecular complexity index is 374. The molecule has 2 rings (SSSR count). The summed E-state index contributed by atoms with van der Waals surface area (Å²) in [6, 6.07) is 8.72. The highest BCUT2D eigenvalue weighted by Crippen LogP contribution is 2.40. The van der Waals surface area contributed by atoms with Gasteiger partial charge in [0.05, 0.1) is 0 Å². The highest BCUT2D eigenvalue weighted by Gasteiger charge is 2.46. The van der Waals surface area contributed by atoms with E-state index in [1.807, 2.05) is 6.07 Å². The Balaban J connectivity index is 0.00000144. The van der Waals surface area contributed by atoms with Gasteiger partial charge in [-0.15, -0.1) is 17.0 Å². The molecule has 1 aromatic rings. The van der Waals surface area contributed by atoms with Crippen molar-refractivity contribution in [3.8, 4) is 0 Å². The van der Waals surface area contributed by atoms with E-state index in [-0.39, 0.29) is 22.9 Å². The van der Waals surface area contributed by atoms with Gasteiger partial charge >= 0.3 is 5.97 Å². The number of carbonyl (C=O) groups is 1. The van der Waals surface area contributed by atoms with Crippen molar-refractivity contribution in [3.63, 3.8) is 0 Å². The SMILES string of the molecule is Br.O=C(O)C(O)(c1ccccc1)C1CCCC1. The van der Waals surface area contributed by atoms with E-state index in [2.05, 4.69) is 0 Å². The van der Waals surface area contributed by atoms with E-state index in [0.29, 0.717) is 5.56 Å². The summed E-state index contributed by atoms with van der Waals surface area (Å²) in [4.78, 5) is 11.4. The third-order valence-electron chi connectivity index (χ3n) is 3.49. The summed E-state index contributed by atoms with van der Waals surface area (Å²) in [5, 5.41) is 19.8. The lowest BCUT2D eigenvalue weighted by Gasteiger charge is -2.30. The molecule has 1 unspecified atom stereocenters. The predicted octanol–water partition coefficient (Wildman–Crippen LogP) is 2.73. The van der Waals surface area contributed by atoms with Crippen LogP contribution in [0.1, 0.15) is 31.2 Å². The molecule has 1 saturated carbocycles. The Morgan fingerprint density at radius 3 is 2.18 bits per heavy atom. The molecule has 0 bridgehead atoms. The van der Waals surface area contributed by atoms with Crippen molar-refractivity contribution in [2.45, 2.75) is 31.3 Å². The molecule has 0 aromatic heterocycles. The van der Waals surface area contributed by atoms with Gasteiger partial charge in [-0.2, -0.15) is 0 Å². The fraction of sp³-hybridized carbons (Fsp3) is 0.462. The molecule has 1 fully saturated rings. The van der Waals surface area contributed by atoms with Crippen LogP contribution in [0.25, 0.3) is 0 Å². The first kappa shape index (κ1) is 14.2. The summed E-state index contributed by atoms with van der Waals surface area (Å²) in [7, 11) is 0. The van der Waals surface area contributed by atoms with Crippen LogP contribution in [0.2, 0.25) is 0 Å². The molecule has 0 amide bonds. The van der Waals surface area contributed by atoms with Gasteiger partial charge in [0.25, 0.3) is 0 Å². The summed E-state index contributed by atoms with van der Waals surface area (Å²) < 4.78 is 0. The standard InChI is InChI=1S/C13H16O3.BrH/c14-12(15)13(16,11-8-4-5-9-11)10-6-2-1-3-7-10;/h1-3,6-7,11,16H,4-5,8-9H2,(H,14,15);1H. The number of hydrogen-bond acceptors (Lipinski definition) is 2. The largest absolute Gasteiger partial charge is 0.479 e. The van der Waals surface area contributed by atoms with Crippen molar-refractivity contribution in [1.29, 1.82) is 0 Å². The molecule has 3 nitrogen and oxygen atoms in total. The van der Waals surface area contributed by atoms with Crippen molar-refractivity contribution in [1.82, 2.24) is 0 Å². The van der Waals surface area contributed by atoms with Crippen LogP contribution in [0, 0.1) is 5.92 Å². The average Bonchev–Trinajstić information content (AvgIpc) is 2.82. The van der Waals surface area contributed by atoms with Crippen LogP contribution < -0.4 is 0 Å². The van der Waals surface area contributed by atoms with Gasteiger partial charge in [-0.05, 0) is 18.4 Å². The van der Waals surface area contributed by atoms with Crippen LogP contribution in [0.5, 0.6) is 0 Å². The molecular formula is C13H17BrO3. The van der Waals surface area contributed by atoms with Gasteiger partial charge in [-0.25, -0.2) is 4.79 Å². The van der Waals surface area contributed by atoms with Crippen LogP contribution in [0.15, 0.2) is 30.3 Å². The summed E-state index contributed by atoms with van der Waals surface area (Å²) >= 11 is 0. The van der Waals surface area contributed by atoms with Gasteiger partial charge in [0.2, 0.25) is 0 Å². The highest BCUT2D eigenvalue weighted by molar-refractivity contribution is 8.93. The minimum absolute atomic E-state index is 0. The van der Waals surface area contributed by atoms with Crippen LogP contribution in [0.4, 0.5) is 0 Å². The molecule has 0 radical (unpaired) electrons. The molecule has 1 aliphatic rings. The van der Waals surface area contributed by atoms with Gasteiger partial charge in [0.15, 0.2) is 5.60 Å². The molecule has 17 heavy (non-hydrogen) atoms. The molecule has 1 aromatic carbocycles. The van der Waals surface area contributed by atoms with Gasteiger partial charge in [-0.1, -0.05) is 43.2 Å². The first-order valence-corrected chi connectivity index (χ1v) is 5.67. The van der Waals surface area contributed by atoms with Gasteiger partial charge in [0, 0.05) is 5.92 Å². The van der Waals surface area contributed by atoms with E-state index in [4.69, 9.17) is 0 Å². The number of benzene rings is 1. The number of carboxylic acids is 1. The number of aliphatic carboxylic acids is 1. The van der Waals surface area contributed by atoms with Crippen molar-refractivity contribution < 1.29 is 15.0 Å². The van der Waals surface area contributed by atoms with Gasteiger partial charge in [0.1, 0.15) is 0 Å². The number of halogens is 1. The first-order valence-electron chi connectivity index (χ1n) is 5.67. The van der Waals surface area contributed by atoms with Crippen molar-refractivity contribution in [3.05, 3.63) is 35.9 Å². The maximum absolute atomic E-state index is 11.4. The lowest BCUT2D eigenvalue weighted by molar-refractivity contribution is -0.166. The van der Waals surface area contributed by atoms with E-state index in [0.717, 1.165) is 25.7 Å². The van der Waals surface area contributed by atoms with Crippen LogP contribution in [0.3, 0.4) is 0 Å². The van der Waals surface area contributed by atoms with E-state index in [1.54, 1.807) is 24.3 Å². The Labute approximate surface area is 111 Å². The Kier molecular flexibility index (Phi) is 4.71. The molecule has 0 saturated heterocycles. The Hall–Kier alpha value is -0.870. The third kappa shape index (κ3) is 2.53. The van der Waals surface area contributed by atoms with Crippen molar-refractivity contribution >= 4 is 23.0 Å². The Morgan fingerprint density at radius 1 is 1.18 bits per heavy atom. The smallest absolute Gasteiger partial charge is 0.340 e. The average molecular weight is 301 g/mol. The van der Waals surface area contributed by atoms with E-state index in [9.17, 15) is 15.0 Å². The zero-order valence-electron chi connectivity index (χ0n) is 9.50. The minimum atomic E-state index is -1.71. The maximum atomic E-state index is 11.4. The number of hydrogen-bond donors (Lipinski definition) is 2. The molecule has 0 heterocycles. The summed E-state index contributed by atoms with van der Waals surface area (Å²) in [6.07, 6.45) is 3.59. The molecule has 0 spiro atoms. The molecule has 2 N–H and O–H groups in total. The molecule has 1 atom stereocenters. The van der Waals surface area contributed by atoms with Crippen LogP contribution >= 0.6 is 17.0 Å². The topological polar surface area (TPSA) is 57.5 Å². The second-order valence-corrected chi connectivity index (χ2v) is 4.42.